The van der Waals surface area contributed by atoms with Gasteiger partial charge in [0.2, 0.25) is 0 Å². The fourth-order valence-electron chi connectivity index (χ4n) is 3.52. The zero-order valence-electron chi connectivity index (χ0n) is 16.8. The van der Waals surface area contributed by atoms with E-state index in [4.69, 9.17) is 4.74 Å². The quantitative estimate of drug-likeness (QED) is 0.539. The van der Waals surface area contributed by atoms with Gasteiger partial charge in [0, 0.05) is 22.4 Å². The van der Waals surface area contributed by atoms with Gasteiger partial charge in [0.05, 0.1) is 4.90 Å². The van der Waals surface area contributed by atoms with E-state index < -0.39 is 10.0 Å². The lowest BCUT2D eigenvalue weighted by molar-refractivity contribution is -0.120. The van der Waals surface area contributed by atoms with Gasteiger partial charge in [-0.2, -0.15) is 0 Å². The Morgan fingerprint density at radius 3 is 2.61 bits per heavy atom. The molecule has 0 saturated carbocycles. The molecule has 31 heavy (non-hydrogen) atoms. The van der Waals surface area contributed by atoms with Crippen molar-refractivity contribution in [3.05, 3.63) is 82.3 Å². The molecule has 8 heteroatoms. The number of rotatable bonds is 6. The number of para-hydroxylation sites is 1. The molecule has 0 aliphatic carbocycles. The van der Waals surface area contributed by atoms with E-state index in [0.717, 1.165) is 22.1 Å². The Labute approximate surface area is 190 Å². The van der Waals surface area contributed by atoms with Gasteiger partial charge in [0.25, 0.3) is 15.9 Å². The van der Waals surface area contributed by atoms with E-state index in [2.05, 4.69) is 20.7 Å². The number of halogens is 1. The Morgan fingerprint density at radius 2 is 1.87 bits per heavy atom. The van der Waals surface area contributed by atoms with Gasteiger partial charge >= 0.3 is 0 Å². The Kier molecular flexibility index (Phi) is 6.02. The minimum absolute atomic E-state index is 0.120. The summed E-state index contributed by atoms with van der Waals surface area (Å²) in [5.74, 6) is 0.338. The second-order valence-electron chi connectivity index (χ2n) is 7.26. The lowest BCUT2D eigenvalue weighted by Gasteiger charge is -2.18. The number of fused-ring (bicyclic) bond motifs is 1. The summed E-state index contributed by atoms with van der Waals surface area (Å²) in [5, 5.41) is 0. The normalized spacial score (nSPS) is 13.0. The second kappa shape index (κ2) is 8.72. The molecule has 1 amide bonds. The number of carbonyl (C=O) groups excluding carboxylic acids is 1. The number of anilines is 2. The van der Waals surface area contributed by atoms with Crippen LogP contribution in [0.15, 0.2) is 76.1 Å². The van der Waals surface area contributed by atoms with Crippen LogP contribution in [0.5, 0.6) is 5.75 Å². The number of nitrogens with one attached hydrogen (secondary N) is 1. The summed E-state index contributed by atoms with van der Waals surface area (Å²) < 4.78 is 34.5. The maximum atomic E-state index is 12.7. The monoisotopic (exact) mass is 500 g/mol. The van der Waals surface area contributed by atoms with E-state index in [1.165, 1.54) is 12.1 Å². The van der Waals surface area contributed by atoms with Crippen LogP contribution < -0.4 is 14.4 Å². The van der Waals surface area contributed by atoms with Crippen molar-refractivity contribution in [3.63, 3.8) is 0 Å². The first-order valence-corrected chi connectivity index (χ1v) is 12.0. The number of sulfonamides is 1. The van der Waals surface area contributed by atoms with Crippen molar-refractivity contribution >= 4 is 43.2 Å². The van der Waals surface area contributed by atoms with Crippen LogP contribution >= 0.6 is 15.9 Å². The van der Waals surface area contributed by atoms with Crippen LogP contribution in [0.4, 0.5) is 11.4 Å². The van der Waals surface area contributed by atoms with Crippen molar-refractivity contribution in [1.29, 1.82) is 0 Å². The molecule has 160 valence electrons. The largest absolute Gasteiger partial charge is 0.483 e. The van der Waals surface area contributed by atoms with Gasteiger partial charge in [-0.1, -0.05) is 34.1 Å². The van der Waals surface area contributed by atoms with Gasteiger partial charge in [-0.05, 0) is 73.0 Å². The van der Waals surface area contributed by atoms with Crippen molar-refractivity contribution in [2.75, 3.05) is 22.8 Å². The van der Waals surface area contributed by atoms with Crippen molar-refractivity contribution in [2.24, 2.45) is 0 Å². The van der Waals surface area contributed by atoms with Gasteiger partial charge in [0.15, 0.2) is 6.61 Å². The first kappa shape index (κ1) is 21.4. The fraction of sp³-hybridized carbons (Fsp3) is 0.174. The summed E-state index contributed by atoms with van der Waals surface area (Å²) in [6.45, 7) is 2.25. The molecular formula is C23H21BrN2O4S. The predicted molar refractivity (Wildman–Crippen MR) is 124 cm³/mol. The standard InChI is InChI=1S/C23H21BrN2O4S/c1-16-13-20(31(28,29)25-19-5-3-2-4-6-19)8-10-22(16)30-15-23(27)26-12-11-17-14-18(24)7-9-21(17)26/h2-10,13-14,25H,11-12,15H2,1H3. The zero-order valence-corrected chi connectivity index (χ0v) is 19.2. The summed E-state index contributed by atoms with van der Waals surface area (Å²) in [6, 6.07) is 19.2. The summed E-state index contributed by atoms with van der Waals surface area (Å²) >= 11 is 3.45. The first-order chi connectivity index (χ1) is 14.8. The summed E-state index contributed by atoms with van der Waals surface area (Å²) in [5.41, 5.74) is 3.15. The molecule has 1 aliphatic rings. The average Bonchev–Trinajstić information content (AvgIpc) is 3.16. The Hall–Kier alpha value is -2.84. The average molecular weight is 501 g/mol. The molecule has 0 fully saturated rings. The Morgan fingerprint density at radius 1 is 1.10 bits per heavy atom. The molecule has 1 N–H and O–H groups in total. The van der Waals surface area contributed by atoms with Gasteiger partial charge < -0.3 is 9.64 Å². The van der Waals surface area contributed by atoms with Crippen molar-refractivity contribution in [1.82, 2.24) is 0 Å². The molecule has 0 unspecified atom stereocenters. The molecule has 1 aliphatic heterocycles. The van der Waals surface area contributed by atoms with Gasteiger partial charge in [-0.25, -0.2) is 8.42 Å². The van der Waals surface area contributed by atoms with Gasteiger partial charge in [-0.3, -0.25) is 9.52 Å². The highest BCUT2D eigenvalue weighted by atomic mass is 79.9. The summed E-state index contributed by atoms with van der Waals surface area (Å²) in [7, 11) is -3.72. The third kappa shape index (κ3) is 4.75. The van der Waals surface area contributed by atoms with E-state index in [-0.39, 0.29) is 17.4 Å². The highest BCUT2D eigenvalue weighted by Crippen LogP contribution is 2.31. The smallest absolute Gasteiger partial charge is 0.264 e. The van der Waals surface area contributed by atoms with E-state index in [1.54, 1.807) is 42.2 Å². The molecule has 0 atom stereocenters. The molecule has 0 bridgehead atoms. The summed E-state index contributed by atoms with van der Waals surface area (Å²) in [4.78, 5) is 14.5. The number of aryl methyl sites for hydroxylation is 1. The highest BCUT2D eigenvalue weighted by Gasteiger charge is 2.25. The zero-order chi connectivity index (χ0) is 22.0. The van der Waals surface area contributed by atoms with Crippen LogP contribution in [0.2, 0.25) is 0 Å². The molecular weight excluding hydrogens is 480 g/mol. The van der Waals surface area contributed by atoms with Gasteiger partial charge in [0.1, 0.15) is 5.75 Å². The molecule has 0 radical (unpaired) electrons. The van der Waals surface area contributed by atoms with Crippen molar-refractivity contribution < 1.29 is 17.9 Å². The minimum Gasteiger partial charge on any atom is -0.483 e. The number of hydrogen-bond donors (Lipinski definition) is 1. The number of amides is 1. The lowest BCUT2D eigenvalue weighted by Crippen LogP contribution is -2.33. The Bertz CT molecular complexity index is 1230. The maximum absolute atomic E-state index is 12.7. The predicted octanol–water partition coefficient (Wildman–Crippen LogP) is 4.53. The molecule has 6 nitrogen and oxygen atoms in total. The van der Waals surface area contributed by atoms with Crippen molar-refractivity contribution in [2.45, 2.75) is 18.2 Å². The molecule has 3 aromatic rings. The molecule has 4 rings (SSSR count). The highest BCUT2D eigenvalue weighted by molar-refractivity contribution is 9.10. The van der Waals surface area contributed by atoms with Crippen molar-refractivity contribution in [3.8, 4) is 5.75 Å². The van der Waals surface area contributed by atoms with Gasteiger partial charge in [-0.15, -0.1) is 0 Å². The van der Waals surface area contributed by atoms with Crippen LogP contribution in [0, 0.1) is 6.92 Å². The molecule has 1 heterocycles. The molecule has 3 aromatic carbocycles. The fourth-order valence-corrected chi connectivity index (χ4v) is 5.07. The Balaban J connectivity index is 1.43. The second-order valence-corrected chi connectivity index (χ2v) is 9.85. The third-order valence-corrected chi connectivity index (χ3v) is 6.94. The molecule has 0 aromatic heterocycles. The molecule has 0 spiro atoms. The first-order valence-electron chi connectivity index (χ1n) is 9.73. The van der Waals surface area contributed by atoms with Crippen LogP contribution in [0.3, 0.4) is 0 Å². The van der Waals surface area contributed by atoms with Crippen LogP contribution in [0.1, 0.15) is 11.1 Å². The van der Waals surface area contributed by atoms with E-state index in [9.17, 15) is 13.2 Å². The number of benzene rings is 3. The minimum atomic E-state index is -3.72. The van der Waals surface area contributed by atoms with E-state index >= 15 is 0 Å². The van der Waals surface area contributed by atoms with Crippen LogP contribution in [0.25, 0.3) is 0 Å². The number of nitrogens with zero attached hydrogens (tertiary/aromatic N) is 1. The number of ether oxygens (including phenoxy) is 1. The SMILES string of the molecule is Cc1cc(S(=O)(=O)Nc2ccccc2)ccc1OCC(=O)N1CCc2cc(Br)ccc21. The number of carbonyl (C=O) groups is 1. The van der Waals surface area contributed by atoms with Crippen LogP contribution in [-0.4, -0.2) is 27.5 Å². The number of hydrogen-bond acceptors (Lipinski definition) is 4. The molecule has 0 saturated heterocycles. The summed E-state index contributed by atoms with van der Waals surface area (Å²) in [6.07, 6.45) is 0.806. The topological polar surface area (TPSA) is 75.7 Å². The van der Waals surface area contributed by atoms with E-state index in [1.807, 2.05) is 24.3 Å². The maximum Gasteiger partial charge on any atom is 0.264 e. The third-order valence-electron chi connectivity index (χ3n) is 5.07. The van der Waals surface area contributed by atoms with E-state index in [0.29, 0.717) is 23.5 Å². The van der Waals surface area contributed by atoms with Crippen LogP contribution in [-0.2, 0) is 21.2 Å². The lowest BCUT2D eigenvalue weighted by atomic mass is 10.2.